The van der Waals surface area contributed by atoms with Gasteiger partial charge < -0.3 is 10.0 Å². The van der Waals surface area contributed by atoms with Crippen molar-refractivity contribution < 1.29 is 9.50 Å². The van der Waals surface area contributed by atoms with Crippen molar-refractivity contribution in [2.24, 2.45) is 0 Å². The topological polar surface area (TPSA) is 36.4 Å². The maximum atomic E-state index is 13.9. The van der Waals surface area contributed by atoms with Gasteiger partial charge in [0.15, 0.2) is 0 Å². The van der Waals surface area contributed by atoms with Gasteiger partial charge in [-0.2, -0.15) is 0 Å². The van der Waals surface area contributed by atoms with Crippen LogP contribution in [-0.2, 0) is 6.61 Å². The molecule has 0 saturated heterocycles. The lowest BCUT2D eigenvalue weighted by Gasteiger charge is -2.24. The summed E-state index contributed by atoms with van der Waals surface area (Å²) in [7, 11) is 0. The number of benzene rings is 1. The first-order valence-corrected chi connectivity index (χ1v) is 6.74. The molecule has 1 N–H and O–H groups in total. The summed E-state index contributed by atoms with van der Waals surface area (Å²) in [6.45, 7) is 2.33. The first kappa shape index (κ1) is 14.0. The van der Waals surface area contributed by atoms with Crippen molar-refractivity contribution in [3.63, 3.8) is 0 Å². The fraction of sp³-hybridized carbons (Fsp3) is 0.214. The summed E-state index contributed by atoms with van der Waals surface area (Å²) < 4.78 is 14.7. The van der Waals surface area contributed by atoms with Crippen LogP contribution >= 0.6 is 15.9 Å². The molecule has 19 heavy (non-hydrogen) atoms. The summed E-state index contributed by atoms with van der Waals surface area (Å²) in [6.07, 6.45) is 1.64. The Morgan fingerprint density at radius 2 is 2.11 bits per heavy atom. The highest BCUT2D eigenvalue weighted by atomic mass is 79.9. The van der Waals surface area contributed by atoms with E-state index in [-0.39, 0.29) is 12.4 Å². The van der Waals surface area contributed by atoms with Gasteiger partial charge in [-0.25, -0.2) is 9.37 Å². The van der Waals surface area contributed by atoms with E-state index in [2.05, 4.69) is 20.9 Å². The molecule has 0 aliphatic heterocycles. The monoisotopic (exact) mass is 324 g/mol. The van der Waals surface area contributed by atoms with Gasteiger partial charge in [0.2, 0.25) is 0 Å². The van der Waals surface area contributed by atoms with Gasteiger partial charge in [0.25, 0.3) is 0 Å². The van der Waals surface area contributed by atoms with Crippen LogP contribution < -0.4 is 4.90 Å². The zero-order valence-electron chi connectivity index (χ0n) is 10.5. The van der Waals surface area contributed by atoms with E-state index < -0.39 is 0 Å². The van der Waals surface area contributed by atoms with Crippen LogP contribution in [0.1, 0.15) is 12.5 Å². The van der Waals surface area contributed by atoms with Crippen molar-refractivity contribution >= 4 is 27.4 Å². The molecule has 0 saturated carbocycles. The molecular formula is C14H14BrFN2O. The predicted molar refractivity (Wildman–Crippen MR) is 76.9 cm³/mol. The number of rotatable bonds is 4. The van der Waals surface area contributed by atoms with Gasteiger partial charge in [-0.15, -0.1) is 0 Å². The van der Waals surface area contributed by atoms with E-state index in [1.165, 1.54) is 6.07 Å². The fourth-order valence-corrected chi connectivity index (χ4v) is 2.32. The van der Waals surface area contributed by atoms with Crippen molar-refractivity contribution in [2.75, 3.05) is 11.4 Å². The van der Waals surface area contributed by atoms with Gasteiger partial charge in [-0.05, 0) is 41.1 Å². The SMILES string of the molecule is CCN(c1ccccc1F)c1ncc(Br)cc1CO. The Morgan fingerprint density at radius 3 is 2.74 bits per heavy atom. The van der Waals surface area contributed by atoms with Gasteiger partial charge in [0, 0.05) is 22.8 Å². The molecule has 0 unspecified atom stereocenters. The summed E-state index contributed by atoms with van der Waals surface area (Å²) in [5, 5.41) is 9.42. The average Bonchev–Trinajstić information content (AvgIpc) is 2.43. The minimum atomic E-state index is -0.307. The Kier molecular flexibility index (Phi) is 4.50. The van der Waals surface area contributed by atoms with Gasteiger partial charge in [-0.1, -0.05) is 12.1 Å². The van der Waals surface area contributed by atoms with Crippen LogP contribution in [0.15, 0.2) is 41.0 Å². The second kappa shape index (κ2) is 6.12. The van der Waals surface area contributed by atoms with Gasteiger partial charge in [-0.3, -0.25) is 0 Å². The second-order valence-corrected chi connectivity index (χ2v) is 4.91. The molecule has 1 aromatic heterocycles. The minimum absolute atomic E-state index is 0.146. The fourth-order valence-electron chi connectivity index (χ4n) is 1.94. The summed E-state index contributed by atoms with van der Waals surface area (Å²) in [6, 6.07) is 8.32. The first-order valence-electron chi connectivity index (χ1n) is 5.94. The molecule has 1 heterocycles. The van der Waals surface area contributed by atoms with Crippen LogP contribution in [-0.4, -0.2) is 16.6 Å². The maximum absolute atomic E-state index is 13.9. The van der Waals surface area contributed by atoms with Crippen LogP contribution in [0.5, 0.6) is 0 Å². The number of hydrogen-bond donors (Lipinski definition) is 1. The molecule has 100 valence electrons. The van der Waals surface area contributed by atoms with Crippen molar-refractivity contribution in [2.45, 2.75) is 13.5 Å². The van der Waals surface area contributed by atoms with E-state index in [0.29, 0.717) is 23.6 Å². The predicted octanol–water partition coefficient (Wildman–Crippen LogP) is 3.63. The Hall–Kier alpha value is -1.46. The van der Waals surface area contributed by atoms with Crippen molar-refractivity contribution in [1.82, 2.24) is 4.98 Å². The lowest BCUT2D eigenvalue weighted by atomic mass is 10.2. The molecule has 3 nitrogen and oxygen atoms in total. The Balaban J connectivity index is 2.51. The van der Waals surface area contributed by atoms with E-state index in [1.54, 1.807) is 35.4 Å². The number of aliphatic hydroxyl groups is 1. The summed E-state index contributed by atoms with van der Waals surface area (Å²) in [5.41, 5.74) is 1.11. The third-order valence-corrected chi connectivity index (χ3v) is 3.23. The van der Waals surface area contributed by atoms with E-state index in [9.17, 15) is 9.50 Å². The van der Waals surface area contributed by atoms with Crippen molar-refractivity contribution in [1.29, 1.82) is 0 Å². The smallest absolute Gasteiger partial charge is 0.146 e. The zero-order chi connectivity index (χ0) is 13.8. The number of halogens is 2. The summed E-state index contributed by atoms with van der Waals surface area (Å²) >= 11 is 3.31. The van der Waals surface area contributed by atoms with Gasteiger partial charge in [0.05, 0.1) is 12.3 Å². The number of aromatic nitrogens is 1. The van der Waals surface area contributed by atoms with Crippen molar-refractivity contribution in [3.05, 3.63) is 52.4 Å². The molecule has 0 fully saturated rings. The molecule has 1 aromatic carbocycles. The standard InChI is InChI=1S/C14H14BrFN2O/c1-2-18(13-6-4-3-5-12(13)16)14-10(9-19)7-11(15)8-17-14/h3-8,19H,2,9H2,1H3. The van der Waals surface area contributed by atoms with Crippen LogP contribution in [0.3, 0.4) is 0 Å². The zero-order valence-corrected chi connectivity index (χ0v) is 12.1. The maximum Gasteiger partial charge on any atom is 0.146 e. The minimum Gasteiger partial charge on any atom is -0.392 e. The van der Waals surface area contributed by atoms with Crippen LogP contribution in [0, 0.1) is 5.82 Å². The molecule has 0 atom stereocenters. The lowest BCUT2D eigenvalue weighted by molar-refractivity contribution is 0.281. The molecule has 0 spiro atoms. The van der Waals surface area contributed by atoms with E-state index in [1.807, 2.05) is 6.92 Å². The van der Waals surface area contributed by atoms with Crippen LogP contribution in [0.4, 0.5) is 15.9 Å². The van der Waals surface area contributed by atoms with Gasteiger partial charge in [0.1, 0.15) is 11.6 Å². The lowest BCUT2D eigenvalue weighted by Crippen LogP contribution is -2.20. The molecule has 0 radical (unpaired) electrons. The highest BCUT2D eigenvalue weighted by molar-refractivity contribution is 9.10. The van der Waals surface area contributed by atoms with E-state index in [0.717, 1.165) is 4.47 Å². The van der Waals surface area contributed by atoms with Gasteiger partial charge >= 0.3 is 0 Å². The third kappa shape index (κ3) is 2.93. The number of aliphatic hydroxyl groups excluding tert-OH is 1. The molecule has 2 aromatic rings. The Morgan fingerprint density at radius 1 is 1.37 bits per heavy atom. The number of para-hydroxylation sites is 1. The van der Waals surface area contributed by atoms with Crippen LogP contribution in [0.25, 0.3) is 0 Å². The second-order valence-electron chi connectivity index (χ2n) is 3.99. The Bertz CT molecular complexity index is 577. The number of anilines is 2. The largest absolute Gasteiger partial charge is 0.392 e. The molecule has 0 amide bonds. The summed E-state index contributed by atoms with van der Waals surface area (Å²) in [4.78, 5) is 6.03. The molecule has 5 heteroatoms. The Labute approximate surface area is 119 Å². The third-order valence-electron chi connectivity index (χ3n) is 2.79. The highest BCUT2D eigenvalue weighted by Crippen LogP contribution is 2.29. The summed E-state index contributed by atoms with van der Waals surface area (Å²) in [5.74, 6) is 0.260. The van der Waals surface area contributed by atoms with E-state index in [4.69, 9.17) is 0 Å². The average molecular weight is 325 g/mol. The molecule has 0 aliphatic rings. The quantitative estimate of drug-likeness (QED) is 0.932. The number of hydrogen-bond acceptors (Lipinski definition) is 3. The number of nitrogens with zero attached hydrogens (tertiary/aromatic N) is 2. The van der Waals surface area contributed by atoms with Crippen molar-refractivity contribution in [3.8, 4) is 0 Å². The highest BCUT2D eigenvalue weighted by Gasteiger charge is 2.16. The molecule has 0 aliphatic carbocycles. The first-order chi connectivity index (χ1) is 9.17. The normalized spacial score (nSPS) is 10.5. The molecule has 0 bridgehead atoms. The van der Waals surface area contributed by atoms with E-state index >= 15 is 0 Å². The van der Waals surface area contributed by atoms with Crippen LogP contribution in [0.2, 0.25) is 0 Å². The number of pyridine rings is 1. The molecular weight excluding hydrogens is 311 g/mol. The molecule has 2 rings (SSSR count).